The average Bonchev–Trinajstić information content (AvgIpc) is 3.00. The lowest BCUT2D eigenvalue weighted by atomic mass is 9.82. The monoisotopic (exact) mass is 329 g/mol. The number of rotatable bonds is 5. The zero-order valence-corrected chi connectivity index (χ0v) is 14.4. The number of amides is 1. The number of nitrogens with zero attached hydrogens (tertiary/aromatic N) is 1. The molecule has 0 radical (unpaired) electrons. The van der Waals surface area contributed by atoms with Gasteiger partial charge in [0.1, 0.15) is 0 Å². The summed E-state index contributed by atoms with van der Waals surface area (Å²) in [6.07, 6.45) is 5.53. The molecule has 3 atom stereocenters. The first-order chi connectivity index (χ1) is 11.5. The van der Waals surface area contributed by atoms with E-state index in [0.29, 0.717) is 18.3 Å². The Bertz CT molecular complexity index is 599. The van der Waals surface area contributed by atoms with Crippen molar-refractivity contribution < 1.29 is 14.7 Å². The van der Waals surface area contributed by atoms with Crippen LogP contribution in [0.2, 0.25) is 0 Å². The number of carbonyl (C=O) groups is 2. The highest BCUT2D eigenvalue weighted by Crippen LogP contribution is 2.36. The summed E-state index contributed by atoms with van der Waals surface area (Å²) >= 11 is 0. The van der Waals surface area contributed by atoms with Crippen molar-refractivity contribution in [2.45, 2.75) is 45.4 Å². The van der Waals surface area contributed by atoms with E-state index in [1.54, 1.807) is 0 Å². The maximum absolute atomic E-state index is 12.6. The second kappa shape index (κ2) is 7.37. The van der Waals surface area contributed by atoms with Crippen molar-refractivity contribution in [3.05, 3.63) is 35.4 Å². The predicted octanol–water partition coefficient (Wildman–Crippen LogP) is 3.28. The van der Waals surface area contributed by atoms with E-state index in [0.717, 1.165) is 24.2 Å². The van der Waals surface area contributed by atoms with E-state index in [4.69, 9.17) is 0 Å². The van der Waals surface area contributed by atoms with Gasteiger partial charge in [-0.3, -0.25) is 9.59 Å². The van der Waals surface area contributed by atoms with Gasteiger partial charge in [-0.2, -0.15) is 0 Å². The van der Waals surface area contributed by atoms with Crippen LogP contribution in [0.25, 0.3) is 0 Å². The fourth-order valence-corrected chi connectivity index (χ4v) is 4.30. The molecule has 4 heteroatoms. The fraction of sp³-hybridized carbons (Fsp3) is 0.600. The number of carboxylic acids is 1. The van der Waals surface area contributed by atoms with E-state index >= 15 is 0 Å². The smallest absolute Gasteiger partial charge is 0.307 e. The number of fused-ring (bicyclic) bond motifs is 1. The van der Waals surface area contributed by atoms with Crippen LogP contribution < -0.4 is 0 Å². The summed E-state index contributed by atoms with van der Waals surface area (Å²) < 4.78 is 0. The van der Waals surface area contributed by atoms with E-state index < -0.39 is 11.9 Å². The molecule has 1 aromatic rings. The Balaban J connectivity index is 1.62. The SMILES string of the molecule is Cc1ccccc1CC(CC(=O)N1C[C@H]2CCCC[C@H]2C1)C(=O)O. The van der Waals surface area contributed by atoms with Crippen LogP contribution >= 0.6 is 0 Å². The number of hydrogen-bond donors (Lipinski definition) is 1. The van der Waals surface area contributed by atoms with Gasteiger partial charge in [0.15, 0.2) is 0 Å². The molecule has 0 bridgehead atoms. The summed E-state index contributed by atoms with van der Waals surface area (Å²) in [5.41, 5.74) is 2.11. The van der Waals surface area contributed by atoms with Gasteiger partial charge >= 0.3 is 5.97 Å². The molecule has 3 rings (SSSR count). The van der Waals surface area contributed by atoms with Crippen LogP contribution in [0.5, 0.6) is 0 Å². The summed E-state index contributed by atoms with van der Waals surface area (Å²) in [6, 6.07) is 7.82. The molecule has 1 saturated heterocycles. The van der Waals surface area contributed by atoms with Crippen molar-refractivity contribution in [1.29, 1.82) is 0 Å². The van der Waals surface area contributed by atoms with Crippen molar-refractivity contribution in [2.24, 2.45) is 17.8 Å². The van der Waals surface area contributed by atoms with Crippen molar-refractivity contribution >= 4 is 11.9 Å². The number of benzene rings is 1. The first-order valence-electron chi connectivity index (χ1n) is 9.09. The predicted molar refractivity (Wildman–Crippen MR) is 92.7 cm³/mol. The molecular formula is C20H27NO3. The van der Waals surface area contributed by atoms with Gasteiger partial charge in [-0.25, -0.2) is 0 Å². The Labute approximate surface area is 143 Å². The van der Waals surface area contributed by atoms with Gasteiger partial charge in [-0.05, 0) is 49.1 Å². The van der Waals surface area contributed by atoms with Crippen LogP contribution in [0.3, 0.4) is 0 Å². The maximum Gasteiger partial charge on any atom is 0.307 e. The third-order valence-corrected chi connectivity index (χ3v) is 5.83. The van der Waals surface area contributed by atoms with Crippen LogP contribution in [-0.4, -0.2) is 35.0 Å². The standard InChI is InChI=1S/C20H27NO3/c1-14-6-2-3-7-15(14)10-18(20(23)24)11-19(22)21-12-16-8-4-5-9-17(16)13-21/h2-3,6-7,16-18H,4-5,8-13H2,1H3,(H,23,24)/t16-,17+,18?. The quantitative estimate of drug-likeness (QED) is 0.902. The molecule has 2 fully saturated rings. The number of carboxylic acid groups (broad SMARTS) is 1. The van der Waals surface area contributed by atoms with Crippen LogP contribution in [0, 0.1) is 24.7 Å². The lowest BCUT2D eigenvalue weighted by Crippen LogP contribution is -2.33. The lowest BCUT2D eigenvalue weighted by Gasteiger charge is -2.22. The third kappa shape index (κ3) is 3.80. The maximum atomic E-state index is 12.6. The van der Waals surface area contributed by atoms with Crippen molar-refractivity contribution in [3.63, 3.8) is 0 Å². The molecule has 1 heterocycles. The molecule has 1 N–H and O–H groups in total. The van der Waals surface area contributed by atoms with Gasteiger partial charge in [0.05, 0.1) is 5.92 Å². The molecule has 1 saturated carbocycles. The normalized spacial score (nSPS) is 24.5. The van der Waals surface area contributed by atoms with E-state index in [2.05, 4.69) is 0 Å². The van der Waals surface area contributed by atoms with Crippen molar-refractivity contribution in [2.75, 3.05) is 13.1 Å². The second-order valence-electron chi connectivity index (χ2n) is 7.47. The highest BCUT2D eigenvalue weighted by molar-refractivity contribution is 5.82. The lowest BCUT2D eigenvalue weighted by molar-refractivity contribution is -0.145. The van der Waals surface area contributed by atoms with Crippen molar-refractivity contribution in [3.8, 4) is 0 Å². The summed E-state index contributed by atoms with van der Waals surface area (Å²) in [4.78, 5) is 26.2. The molecular weight excluding hydrogens is 302 g/mol. The molecule has 1 aliphatic heterocycles. The Hall–Kier alpha value is -1.84. The van der Waals surface area contributed by atoms with Crippen LogP contribution in [0.1, 0.15) is 43.2 Å². The minimum absolute atomic E-state index is 0.0189. The molecule has 4 nitrogen and oxygen atoms in total. The zero-order chi connectivity index (χ0) is 17.1. The summed E-state index contributed by atoms with van der Waals surface area (Å²) in [5.74, 6) is -0.209. The number of aryl methyl sites for hydroxylation is 1. The topological polar surface area (TPSA) is 57.6 Å². The molecule has 1 aliphatic carbocycles. The van der Waals surface area contributed by atoms with Gasteiger partial charge in [0.25, 0.3) is 0 Å². The Kier molecular flexibility index (Phi) is 5.22. The molecule has 0 spiro atoms. The van der Waals surface area contributed by atoms with E-state index in [-0.39, 0.29) is 12.3 Å². The number of carbonyl (C=O) groups excluding carboxylic acids is 1. The number of hydrogen-bond acceptors (Lipinski definition) is 2. The first-order valence-corrected chi connectivity index (χ1v) is 9.09. The van der Waals surface area contributed by atoms with Gasteiger partial charge in [-0.15, -0.1) is 0 Å². The number of likely N-dealkylation sites (tertiary alicyclic amines) is 1. The van der Waals surface area contributed by atoms with E-state index in [9.17, 15) is 14.7 Å². The largest absolute Gasteiger partial charge is 0.481 e. The highest BCUT2D eigenvalue weighted by Gasteiger charge is 2.37. The van der Waals surface area contributed by atoms with Gasteiger partial charge in [-0.1, -0.05) is 37.1 Å². The summed E-state index contributed by atoms with van der Waals surface area (Å²) in [7, 11) is 0. The first kappa shape index (κ1) is 17.0. The second-order valence-corrected chi connectivity index (χ2v) is 7.47. The number of aliphatic carboxylic acids is 1. The van der Waals surface area contributed by atoms with Gasteiger partial charge in [0, 0.05) is 19.5 Å². The molecule has 130 valence electrons. The fourth-order valence-electron chi connectivity index (χ4n) is 4.30. The van der Waals surface area contributed by atoms with E-state index in [1.165, 1.54) is 25.7 Å². The summed E-state index contributed by atoms with van der Waals surface area (Å²) in [5, 5.41) is 9.55. The van der Waals surface area contributed by atoms with Crippen LogP contribution in [0.4, 0.5) is 0 Å². The molecule has 1 amide bonds. The summed E-state index contributed by atoms with van der Waals surface area (Å²) in [6.45, 7) is 3.65. The Morgan fingerprint density at radius 1 is 1.17 bits per heavy atom. The van der Waals surface area contributed by atoms with Crippen molar-refractivity contribution in [1.82, 2.24) is 4.90 Å². The molecule has 2 aliphatic rings. The minimum Gasteiger partial charge on any atom is -0.481 e. The van der Waals surface area contributed by atoms with Crippen LogP contribution in [0.15, 0.2) is 24.3 Å². The average molecular weight is 329 g/mol. The van der Waals surface area contributed by atoms with Crippen LogP contribution in [-0.2, 0) is 16.0 Å². The minimum atomic E-state index is -0.872. The van der Waals surface area contributed by atoms with E-state index in [1.807, 2.05) is 36.1 Å². The third-order valence-electron chi connectivity index (χ3n) is 5.83. The zero-order valence-electron chi connectivity index (χ0n) is 14.4. The Morgan fingerprint density at radius 3 is 2.38 bits per heavy atom. The molecule has 1 unspecified atom stereocenters. The molecule has 1 aromatic carbocycles. The molecule has 24 heavy (non-hydrogen) atoms. The molecule has 0 aromatic heterocycles. The highest BCUT2D eigenvalue weighted by atomic mass is 16.4. The van der Waals surface area contributed by atoms with Gasteiger partial charge < -0.3 is 10.0 Å². The Morgan fingerprint density at radius 2 is 1.79 bits per heavy atom. The van der Waals surface area contributed by atoms with Gasteiger partial charge in [0.2, 0.25) is 5.91 Å².